The van der Waals surface area contributed by atoms with E-state index in [9.17, 15) is 14.3 Å². The number of aliphatic hydroxyl groups excluding tert-OH is 1. The number of nitrogens with zero attached hydrogens (tertiary/aromatic N) is 2. The van der Waals surface area contributed by atoms with Crippen molar-refractivity contribution in [1.29, 1.82) is 0 Å². The van der Waals surface area contributed by atoms with Crippen LogP contribution in [0.4, 0.5) is 4.39 Å². The first-order valence-electron chi connectivity index (χ1n) is 9.16. The monoisotopic (exact) mass is 410 g/mol. The van der Waals surface area contributed by atoms with Crippen molar-refractivity contribution in [3.63, 3.8) is 0 Å². The van der Waals surface area contributed by atoms with Crippen LogP contribution >= 0.6 is 11.3 Å². The molecule has 148 valence electrons. The second kappa shape index (κ2) is 8.65. The van der Waals surface area contributed by atoms with Crippen LogP contribution < -0.4 is 5.56 Å². The quantitative estimate of drug-likeness (QED) is 0.503. The SMILES string of the molecule is O=c1c2ccccc2c(-c2ccc(F)cc2)nn1C[C@@H](O)COCc1cccs1. The van der Waals surface area contributed by atoms with Crippen LogP contribution in [0.15, 0.2) is 70.8 Å². The van der Waals surface area contributed by atoms with Gasteiger partial charge in [0.05, 0.1) is 36.9 Å². The van der Waals surface area contributed by atoms with E-state index in [1.807, 2.05) is 29.6 Å². The second-order valence-electron chi connectivity index (χ2n) is 6.64. The highest BCUT2D eigenvalue weighted by atomic mass is 32.1. The lowest BCUT2D eigenvalue weighted by Gasteiger charge is -2.15. The van der Waals surface area contributed by atoms with Crippen LogP contribution in [-0.2, 0) is 17.9 Å². The van der Waals surface area contributed by atoms with Gasteiger partial charge in [-0.3, -0.25) is 4.79 Å². The van der Waals surface area contributed by atoms with Gasteiger partial charge in [-0.15, -0.1) is 11.3 Å². The Balaban J connectivity index is 1.61. The first kappa shape index (κ1) is 19.4. The third-order valence-electron chi connectivity index (χ3n) is 4.50. The topological polar surface area (TPSA) is 64.4 Å². The molecule has 0 radical (unpaired) electrons. The zero-order valence-electron chi connectivity index (χ0n) is 15.5. The molecule has 0 saturated heterocycles. The van der Waals surface area contributed by atoms with E-state index in [0.29, 0.717) is 28.6 Å². The van der Waals surface area contributed by atoms with Gasteiger partial charge in [-0.1, -0.05) is 24.3 Å². The molecule has 4 aromatic rings. The number of hydrogen-bond acceptors (Lipinski definition) is 5. The molecular weight excluding hydrogens is 391 g/mol. The Morgan fingerprint density at radius 1 is 1.07 bits per heavy atom. The predicted octanol–water partition coefficient (Wildman–Crippen LogP) is 3.84. The fourth-order valence-corrected chi connectivity index (χ4v) is 3.76. The molecule has 0 aliphatic heterocycles. The van der Waals surface area contributed by atoms with Gasteiger partial charge in [-0.25, -0.2) is 9.07 Å². The van der Waals surface area contributed by atoms with Crippen molar-refractivity contribution in [2.45, 2.75) is 19.3 Å². The van der Waals surface area contributed by atoms with E-state index in [1.165, 1.54) is 16.8 Å². The molecule has 5 nitrogen and oxygen atoms in total. The van der Waals surface area contributed by atoms with E-state index < -0.39 is 6.10 Å². The molecule has 0 fully saturated rings. The number of fused-ring (bicyclic) bond motifs is 1. The molecule has 0 unspecified atom stereocenters. The van der Waals surface area contributed by atoms with Crippen molar-refractivity contribution < 1.29 is 14.2 Å². The highest BCUT2D eigenvalue weighted by Gasteiger charge is 2.15. The third kappa shape index (κ3) is 4.42. The standard InChI is InChI=1S/C22H19FN2O3S/c23-16-9-7-15(8-10-16)21-19-5-1-2-6-20(19)22(27)25(24-21)12-17(26)13-28-14-18-4-3-11-29-18/h1-11,17,26H,12-14H2/t17-/m1/s1. The van der Waals surface area contributed by atoms with Gasteiger partial charge >= 0.3 is 0 Å². The Morgan fingerprint density at radius 3 is 2.55 bits per heavy atom. The normalized spacial score (nSPS) is 12.3. The first-order chi connectivity index (χ1) is 14.1. The van der Waals surface area contributed by atoms with Gasteiger partial charge in [0.1, 0.15) is 5.82 Å². The van der Waals surface area contributed by atoms with Gasteiger partial charge < -0.3 is 9.84 Å². The summed E-state index contributed by atoms with van der Waals surface area (Å²) in [6.45, 7) is 0.503. The minimum atomic E-state index is -0.887. The Bertz CT molecular complexity index is 1160. The number of rotatable bonds is 7. The molecule has 7 heteroatoms. The molecule has 0 spiro atoms. The number of hydrogen-bond donors (Lipinski definition) is 1. The minimum absolute atomic E-state index is 0.00228. The van der Waals surface area contributed by atoms with Gasteiger partial charge in [0.2, 0.25) is 0 Å². The second-order valence-corrected chi connectivity index (χ2v) is 7.67. The van der Waals surface area contributed by atoms with Gasteiger partial charge in [0.15, 0.2) is 0 Å². The Kier molecular flexibility index (Phi) is 5.80. The average molecular weight is 410 g/mol. The summed E-state index contributed by atoms with van der Waals surface area (Å²) in [5.74, 6) is -0.343. The molecule has 0 aliphatic rings. The van der Waals surface area contributed by atoms with Gasteiger partial charge in [0.25, 0.3) is 5.56 Å². The summed E-state index contributed by atoms with van der Waals surface area (Å²) >= 11 is 1.58. The minimum Gasteiger partial charge on any atom is -0.389 e. The molecule has 2 heterocycles. The lowest BCUT2D eigenvalue weighted by atomic mass is 10.1. The highest BCUT2D eigenvalue weighted by molar-refractivity contribution is 7.09. The lowest BCUT2D eigenvalue weighted by Crippen LogP contribution is -2.31. The van der Waals surface area contributed by atoms with E-state index >= 15 is 0 Å². The summed E-state index contributed by atoms with van der Waals surface area (Å²) < 4.78 is 20.1. The predicted molar refractivity (Wildman–Crippen MR) is 111 cm³/mol. The van der Waals surface area contributed by atoms with Crippen LogP contribution in [0.5, 0.6) is 0 Å². The van der Waals surface area contributed by atoms with E-state index in [1.54, 1.807) is 35.6 Å². The van der Waals surface area contributed by atoms with E-state index in [-0.39, 0.29) is 24.5 Å². The zero-order valence-corrected chi connectivity index (χ0v) is 16.3. The molecule has 0 aliphatic carbocycles. The van der Waals surface area contributed by atoms with Crippen molar-refractivity contribution in [1.82, 2.24) is 9.78 Å². The zero-order chi connectivity index (χ0) is 20.2. The number of aliphatic hydroxyl groups is 1. The number of ether oxygens (including phenoxy) is 1. The van der Waals surface area contributed by atoms with Gasteiger partial charge in [-0.2, -0.15) is 5.10 Å². The molecule has 0 saturated carbocycles. The van der Waals surface area contributed by atoms with Crippen molar-refractivity contribution in [2.24, 2.45) is 0 Å². The maximum Gasteiger partial charge on any atom is 0.274 e. The molecular formula is C22H19FN2O3S. The maximum atomic E-state index is 13.3. The van der Waals surface area contributed by atoms with Gasteiger partial charge in [0, 0.05) is 15.8 Å². The summed E-state index contributed by atoms with van der Waals surface area (Å²) in [6.07, 6.45) is -0.887. The van der Waals surface area contributed by atoms with Crippen LogP contribution in [-0.4, -0.2) is 27.6 Å². The third-order valence-corrected chi connectivity index (χ3v) is 5.35. The molecule has 4 rings (SSSR count). The molecule has 2 aromatic heterocycles. The Labute approximate surface area is 170 Å². The molecule has 0 amide bonds. The fraction of sp³-hybridized carbons (Fsp3) is 0.182. The molecule has 1 atom stereocenters. The smallest absolute Gasteiger partial charge is 0.274 e. The van der Waals surface area contributed by atoms with Crippen molar-refractivity contribution in [3.8, 4) is 11.3 Å². The van der Waals surface area contributed by atoms with Gasteiger partial charge in [-0.05, 0) is 41.8 Å². The average Bonchev–Trinajstić information content (AvgIpc) is 3.24. The summed E-state index contributed by atoms with van der Waals surface area (Å²) in [6, 6.07) is 17.0. The van der Waals surface area contributed by atoms with E-state index in [2.05, 4.69) is 5.10 Å². The summed E-state index contributed by atoms with van der Waals surface area (Å²) in [4.78, 5) is 13.9. The number of halogens is 1. The first-order valence-corrected chi connectivity index (χ1v) is 10.0. The number of thiophene rings is 1. The molecule has 0 bridgehead atoms. The van der Waals surface area contributed by atoms with Crippen LogP contribution in [0.3, 0.4) is 0 Å². The lowest BCUT2D eigenvalue weighted by molar-refractivity contribution is 0.0190. The number of aromatic nitrogens is 2. The van der Waals surface area contributed by atoms with Crippen molar-refractivity contribution in [3.05, 3.63) is 87.1 Å². The van der Waals surface area contributed by atoms with Crippen molar-refractivity contribution in [2.75, 3.05) is 6.61 Å². The van der Waals surface area contributed by atoms with Crippen LogP contribution in [0.2, 0.25) is 0 Å². The van der Waals surface area contributed by atoms with Crippen LogP contribution in [0, 0.1) is 5.82 Å². The van der Waals surface area contributed by atoms with Crippen LogP contribution in [0.1, 0.15) is 4.88 Å². The highest BCUT2D eigenvalue weighted by Crippen LogP contribution is 2.24. The summed E-state index contributed by atoms with van der Waals surface area (Å²) in [7, 11) is 0. The molecule has 29 heavy (non-hydrogen) atoms. The Morgan fingerprint density at radius 2 is 1.83 bits per heavy atom. The Hall–Kier alpha value is -2.87. The molecule has 2 aromatic carbocycles. The summed E-state index contributed by atoms with van der Waals surface area (Å²) in [5, 5.41) is 18.0. The summed E-state index contributed by atoms with van der Waals surface area (Å²) in [5.41, 5.74) is 0.968. The largest absolute Gasteiger partial charge is 0.389 e. The maximum absolute atomic E-state index is 13.3. The van der Waals surface area contributed by atoms with E-state index in [0.717, 1.165) is 4.88 Å². The van der Waals surface area contributed by atoms with E-state index in [4.69, 9.17) is 4.74 Å². The molecule has 1 N–H and O–H groups in total. The van der Waals surface area contributed by atoms with Crippen LogP contribution in [0.25, 0.3) is 22.0 Å². The fourth-order valence-electron chi connectivity index (χ4n) is 3.12. The van der Waals surface area contributed by atoms with Crippen molar-refractivity contribution >= 4 is 22.1 Å². The number of benzene rings is 2.